The van der Waals surface area contributed by atoms with Crippen molar-refractivity contribution in [1.29, 1.82) is 0 Å². The Balaban J connectivity index is 2.43. The van der Waals surface area contributed by atoms with Crippen molar-refractivity contribution in [1.82, 2.24) is 5.32 Å². The number of ether oxygens (including phenoxy) is 1. The van der Waals surface area contributed by atoms with Gasteiger partial charge in [-0.15, -0.1) is 0 Å². The Labute approximate surface area is 99.8 Å². The number of hydrogen-bond donors (Lipinski definition) is 1. The van der Waals surface area contributed by atoms with E-state index < -0.39 is 0 Å². The first-order valence-electron chi connectivity index (χ1n) is 4.54. The van der Waals surface area contributed by atoms with Crippen molar-refractivity contribution in [2.45, 2.75) is 6.54 Å². The van der Waals surface area contributed by atoms with E-state index in [1.165, 1.54) is 5.54 Å². The van der Waals surface area contributed by atoms with Gasteiger partial charge in [0.1, 0.15) is 5.75 Å². The molecule has 0 amide bonds. The highest BCUT2D eigenvalue weighted by atomic mass is 35.5. The third kappa shape index (κ3) is 4.56. The van der Waals surface area contributed by atoms with Crippen LogP contribution in [0.25, 0.3) is 0 Å². The molecule has 0 radical (unpaired) electrons. The zero-order valence-corrected chi connectivity index (χ0v) is 9.98. The van der Waals surface area contributed by atoms with Gasteiger partial charge in [0.2, 0.25) is 0 Å². The molecule has 82 valence electrons. The highest BCUT2D eigenvalue weighted by Gasteiger charge is 1.96. The van der Waals surface area contributed by atoms with Crippen LogP contribution in [0.2, 0.25) is 0 Å². The van der Waals surface area contributed by atoms with Crippen molar-refractivity contribution < 1.29 is 4.74 Å². The van der Waals surface area contributed by atoms with Gasteiger partial charge in [-0.05, 0) is 17.7 Å². The maximum absolute atomic E-state index is 5.73. The Morgan fingerprint density at radius 2 is 2.33 bits per heavy atom. The lowest BCUT2D eigenvalue weighted by atomic mass is 10.2. The second-order valence-electron chi connectivity index (χ2n) is 3.01. The second kappa shape index (κ2) is 6.72. The van der Waals surface area contributed by atoms with Crippen LogP contribution >= 0.6 is 23.2 Å². The van der Waals surface area contributed by atoms with Crippen LogP contribution < -0.4 is 10.1 Å². The third-order valence-electron chi connectivity index (χ3n) is 1.88. The monoisotopic (exact) mass is 245 g/mol. The molecule has 0 spiro atoms. The fourth-order valence-corrected chi connectivity index (χ4v) is 1.32. The zero-order valence-electron chi connectivity index (χ0n) is 8.47. The van der Waals surface area contributed by atoms with Crippen molar-refractivity contribution in [2.24, 2.45) is 0 Å². The van der Waals surface area contributed by atoms with Crippen LogP contribution in [0.3, 0.4) is 0 Å². The Morgan fingerprint density at radius 1 is 1.53 bits per heavy atom. The molecule has 2 nitrogen and oxygen atoms in total. The summed E-state index contributed by atoms with van der Waals surface area (Å²) in [5.41, 5.74) is 2.51. The van der Waals surface area contributed by atoms with Crippen LogP contribution in [0.15, 0.2) is 34.8 Å². The number of rotatable bonds is 5. The first kappa shape index (κ1) is 12.4. The molecule has 1 aromatic carbocycles. The minimum Gasteiger partial charge on any atom is -0.497 e. The standard InChI is InChI=1S/C11H13Cl2NO/c1-15-11-4-2-3-9(5-11)7-14-8-10(13)6-12/h2-6,14H,7-8H2,1H3. The summed E-state index contributed by atoms with van der Waals surface area (Å²) in [7, 11) is 1.65. The van der Waals surface area contributed by atoms with Crippen LogP contribution in [-0.2, 0) is 6.54 Å². The highest BCUT2D eigenvalue weighted by Crippen LogP contribution is 2.12. The third-order valence-corrected chi connectivity index (χ3v) is 2.49. The normalized spacial score (nSPS) is 11.5. The van der Waals surface area contributed by atoms with Crippen LogP contribution in [-0.4, -0.2) is 13.7 Å². The molecule has 15 heavy (non-hydrogen) atoms. The van der Waals surface area contributed by atoms with Crippen LogP contribution in [0, 0.1) is 0 Å². The smallest absolute Gasteiger partial charge is 0.119 e. The summed E-state index contributed by atoms with van der Waals surface area (Å²) in [6.45, 7) is 1.31. The van der Waals surface area contributed by atoms with Gasteiger partial charge in [-0.1, -0.05) is 35.3 Å². The largest absolute Gasteiger partial charge is 0.497 e. The Bertz CT molecular complexity index is 339. The second-order valence-corrected chi connectivity index (χ2v) is 3.71. The molecule has 1 rings (SSSR count). The molecule has 0 unspecified atom stereocenters. The average Bonchev–Trinajstić information content (AvgIpc) is 2.29. The van der Waals surface area contributed by atoms with Crippen molar-refractivity contribution in [3.63, 3.8) is 0 Å². The summed E-state index contributed by atoms with van der Waals surface area (Å²) < 4.78 is 5.12. The summed E-state index contributed by atoms with van der Waals surface area (Å²) >= 11 is 11.2. The molecule has 0 saturated heterocycles. The van der Waals surface area contributed by atoms with Gasteiger partial charge in [0.05, 0.1) is 7.11 Å². The fraction of sp³-hybridized carbons (Fsp3) is 0.273. The van der Waals surface area contributed by atoms with Crippen molar-refractivity contribution in [2.75, 3.05) is 13.7 Å². The van der Waals surface area contributed by atoms with Gasteiger partial charge < -0.3 is 10.1 Å². The maximum Gasteiger partial charge on any atom is 0.119 e. The minimum absolute atomic E-state index is 0.572. The van der Waals surface area contributed by atoms with E-state index in [1.807, 2.05) is 24.3 Å². The van der Waals surface area contributed by atoms with Crippen LogP contribution in [0.1, 0.15) is 5.56 Å². The number of nitrogens with one attached hydrogen (secondary N) is 1. The molecule has 0 atom stereocenters. The predicted octanol–water partition coefficient (Wildman–Crippen LogP) is 3.10. The first-order chi connectivity index (χ1) is 7.26. The molecule has 0 fully saturated rings. The maximum atomic E-state index is 5.73. The van der Waals surface area contributed by atoms with Crippen LogP contribution in [0.5, 0.6) is 5.75 Å². The SMILES string of the molecule is COc1cccc(CNCC(Cl)=CCl)c1. The highest BCUT2D eigenvalue weighted by molar-refractivity contribution is 6.36. The molecule has 0 aliphatic heterocycles. The zero-order chi connectivity index (χ0) is 11.1. The van der Waals surface area contributed by atoms with Gasteiger partial charge in [0, 0.05) is 23.7 Å². The Kier molecular flexibility index (Phi) is 5.54. The quantitative estimate of drug-likeness (QED) is 0.861. The summed E-state index contributed by atoms with van der Waals surface area (Å²) in [6, 6.07) is 7.86. The molecule has 0 bridgehead atoms. The first-order valence-corrected chi connectivity index (χ1v) is 5.36. The van der Waals surface area contributed by atoms with E-state index in [9.17, 15) is 0 Å². The number of methoxy groups -OCH3 is 1. The fourth-order valence-electron chi connectivity index (χ4n) is 1.15. The van der Waals surface area contributed by atoms with Crippen LogP contribution in [0.4, 0.5) is 0 Å². The van der Waals surface area contributed by atoms with Gasteiger partial charge in [-0.2, -0.15) is 0 Å². The average molecular weight is 246 g/mol. The van der Waals surface area contributed by atoms with Crippen molar-refractivity contribution in [3.8, 4) is 5.75 Å². The van der Waals surface area contributed by atoms with Gasteiger partial charge >= 0.3 is 0 Å². The summed E-state index contributed by atoms with van der Waals surface area (Å²) in [6.07, 6.45) is 0. The topological polar surface area (TPSA) is 21.3 Å². The van der Waals surface area contributed by atoms with Gasteiger partial charge in [-0.25, -0.2) is 0 Å². The molecule has 0 heterocycles. The summed E-state index contributed by atoms with van der Waals surface area (Å²) in [4.78, 5) is 0. The minimum atomic E-state index is 0.572. The van der Waals surface area contributed by atoms with E-state index in [1.54, 1.807) is 7.11 Å². The van der Waals surface area contributed by atoms with E-state index in [-0.39, 0.29) is 0 Å². The van der Waals surface area contributed by atoms with E-state index in [2.05, 4.69) is 5.32 Å². The number of halogens is 2. The lowest BCUT2D eigenvalue weighted by molar-refractivity contribution is 0.414. The Morgan fingerprint density at radius 3 is 3.00 bits per heavy atom. The molecule has 0 aliphatic carbocycles. The van der Waals surface area contributed by atoms with E-state index in [4.69, 9.17) is 27.9 Å². The Hall–Kier alpha value is -0.700. The lowest BCUT2D eigenvalue weighted by Gasteiger charge is -2.05. The van der Waals surface area contributed by atoms with Gasteiger partial charge in [0.15, 0.2) is 0 Å². The number of benzene rings is 1. The molecule has 4 heteroatoms. The lowest BCUT2D eigenvalue weighted by Crippen LogP contribution is -2.14. The summed E-state index contributed by atoms with van der Waals surface area (Å²) in [5.74, 6) is 0.855. The van der Waals surface area contributed by atoms with Crippen molar-refractivity contribution in [3.05, 3.63) is 40.4 Å². The molecule has 0 saturated carbocycles. The molecule has 1 N–H and O–H groups in total. The molecule has 0 aromatic heterocycles. The van der Waals surface area contributed by atoms with E-state index in [0.717, 1.165) is 17.9 Å². The van der Waals surface area contributed by atoms with Gasteiger partial charge in [0.25, 0.3) is 0 Å². The van der Waals surface area contributed by atoms with Gasteiger partial charge in [-0.3, -0.25) is 0 Å². The van der Waals surface area contributed by atoms with Crippen molar-refractivity contribution >= 4 is 23.2 Å². The van der Waals surface area contributed by atoms with E-state index >= 15 is 0 Å². The summed E-state index contributed by atoms with van der Waals surface area (Å²) in [5, 5.41) is 3.76. The molecule has 0 aliphatic rings. The number of hydrogen-bond acceptors (Lipinski definition) is 2. The molecule has 1 aromatic rings. The molecular weight excluding hydrogens is 233 g/mol. The predicted molar refractivity (Wildman–Crippen MR) is 64.5 cm³/mol. The van der Waals surface area contributed by atoms with E-state index in [0.29, 0.717) is 11.6 Å². The molecular formula is C11H13Cl2NO.